The number of hydrogen-bond acceptors (Lipinski definition) is 1. The summed E-state index contributed by atoms with van der Waals surface area (Å²) >= 11 is 0. The third kappa shape index (κ3) is 3.94. The fourth-order valence-electron chi connectivity index (χ4n) is 2.25. The molecule has 0 N–H and O–H groups in total. The van der Waals surface area contributed by atoms with Gasteiger partial charge in [-0.3, -0.25) is 4.79 Å². The summed E-state index contributed by atoms with van der Waals surface area (Å²) in [5, 5.41) is 0. The van der Waals surface area contributed by atoms with Crippen LogP contribution in [0.25, 0.3) is 0 Å². The van der Waals surface area contributed by atoms with Crippen LogP contribution in [0.2, 0.25) is 0 Å². The zero-order valence-corrected chi connectivity index (χ0v) is 11.5. The minimum absolute atomic E-state index is 0.00102. The first-order valence-electron chi connectivity index (χ1n) is 6.59. The first-order chi connectivity index (χ1) is 9.88. The average molecular weight is 292 g/mol. The second-order valence-electron chi connectivity index (χ2n) is 4.97. The second kappa shape index (κ2) is 6.12. The van der Waals surface area contributed by atoms with Crippen LogP contribution < -0.4 is 0 Å². The molecule has 0 unspecified atom stereocenters. The van der Waals surface area contributed by atoms with E-state index in [1.165, 1.54) is 19.1 Å². The van der Waals surface area contributed by atoms with Crippen LogP contribution in [0, 0.1) is 0 Å². The molecule has 0 aromatic heterocycles. The first kappa shape index (κ1) is 15.3. The summed E-state index contributed by atoms with van der Waals surface area (Å²) < 4.78 is 37.6. The van der Waals surface area contributed by atoms with Crippen molar-refractivity contribution in [2.75, 3.05) is 0 Å². The quantitative estimate of drug-likeness (QED) is 0.803. The number of halogens is 3. The van der Waals surface area contributed by atoms with E-state index in [-0.39, 0.29) is 11.7 Å². The smallest absolute Gasteiger partial charge is 0.299 e. The summed E-state index contributed by atoms with van der Waals surface area (Å²) in [5.41, 5.74) is 0.919. The van der Waals surface area contributed by atoms with Crippen LogP contribution >= 0.6 is 0 Å². The highest BCUT2D eigenvalue weighted by atomic mass is 19.4. The Labute approximate surface area is 121 Å². The van der Waals surface area contributed by atoms with Gasteiger partial charge in [-0.05, 0) is 36.6 Å². The van der Waals surface area contributed by atoms with Crippen LogP contribution in [0.1, 0.15) is 29.5 Å². The predicted molar refractivity (Wildman–Crippen MR) is 75.0 cm³/mol. The SMILES string of the molecule is CC(=O)[C@H](Cc1ccc(C(F)(F)F)cc1)c1ccccc1. The molecule has 2 aromatic rings. The molecule has 0 aliphatic rings. The average Bonchev–Trinajstić information content (AvgIpc) is 2.45. The summed E-state index contributed by atoms with van der Waals surface area (Å²) in [6, 6.07) is 14.2. The molecule has 0 saturated carbocycles. The molecule has 0 saturated heterocycles. The summed E-state index contributed by atoms with van der Waals surface area (Å²) in [5.74, 6) is -0.330. The highest BCUT2D eigenvalue weighted by Gasteiger charge is 2.30. The molecule has 1 atom stereocenters. The molecule has 0 aliphatic carbocycles. The Hall–Kier alpha value is -2.10. The van der Waals surface area contributed by atoms with Crippen molar-refractivity contribution in [1.29, 1.82) is 0 Å². The van der Waals surface area contributed by atoms with E-state index < -0.39 is 11.7 Å². The fourth-order valence-corrected chi connectivity index (χ4v) is 2.25. The summed E-state index contributed by atoms with van der Waals surface area (Å²) in [4.78, 5) is 11.8. The van der Waals surface area contributed by atoms with E-state index >= 15 is 0 Å². The van der Waals surface area contributed by atoms with E-state index in [0.717, 1.165) is 17.7 Å². The lowest BCUT2D eigenvalue weighted by atomic mass is 9.89. The van der Waals surface area contributed by atoms with Crippen molar-refractivity contribution in [3.63, 3.8) is 0 Å². The molecule has 4 heteroatoms. The van der Waals surface area contributed by atoms with Gasteiger partial charge in [-0.25, -0.2) is 0 Å². The number of ketones is 1. The van der Waals surface area contributed by atoms with Crippen LogP contribution in [0.5, 0.6) is 0 Å². The molecule has 1 nitrogen and oxygen atoms in total. The van der Waals surface area contributed by atoms with E-state index in [0.29, 0.717) is 12.0 Å². The standard InChI is InChI=1S/C17H15F3O/c1-12(21)16(14-5-3-2-4-6-14)11-13-7-9-15(10-8-13)17(18,19)20/h2-10,16H,11H2,1H3/t16-/m0/s1. The largest absolute Gasteiger partial charge is 0.416 e. The minimum atomic E-state index is -4.34. The Morgan fingerprint density at radius 3 is 2.05 bits per heavy atom. The molecule has 2 aromatic carbocycles. The number of rotatable bonds is 4. The van der Waals surface area contributed by atoms with Gasteiger partial charge in [-0.15, -0.1) is 0 Å². The number of carbonyl (C=O) groups excluding carboxylic acids is 1. The summed E-state index contributed by atoms with van der Waals surface area (Å²) in [6.07, 6.45) is -3.94. The van der Waals surface area contributed by atoms with Gasteiger partial charge in [0.05, 0.1) is 5.56 Å². The van der Waals surface area contributed by atoms with E-state index in [1.807, 2.05) is 30.3 Å². The van der Waals surface area contributed by atoms with Gasteiger partial charge in [0.2, 0.25) is 0 Å². The molecule has 0 heterocycles. The topological polar surface area (TPSA) is 17.1 Å². The van der Waals surface area contributed by atoms with Gasteiger partial charge in [-0.1, -0.05) is 42.5 Å². The van der Waals surface area contributed by atoms with Crippen molar-refractivity contribution >= 4 is 5.78 Å². The van der Waals surface area contributed by atoms with Gasteiger partial charge >= 0.3 is 6.18 Å². The molecule has 0 radical (unpaired) electrons. The summed E-state index contributed by atoms with van der Waals surface area (Å²) in [7, 11) is 0. The van der Waals surface area contributed by atoms with Crippen molar-refractivity contribution in [3.05, 3.63) is 71.3 Å². The second-order valence-corrected chi connectivity index (χ2v) is 4.97. The third-order valence-corrected chi connectivity index (χ3v) is 3.41. The van der Waals surface area contributed by atoms with Crippen molar-refractivity contribution in [3.8, 4) is 0 Å². The predicted octanol–water partition coefficient (Wildman–Crippen LogP) is 4.62. The number of benzene rings is 2. The van der Waals surface area contributed by atoms with Crippen molar-refractivity contribution in [2.24, 2.45) is 0 Å². The highest BCUT2D eigenvalue weighted by Crippen LogP contribution is 2.30. The lowest BCUT2D eigenvalue weighted by Gasteiger charge is -2.15. The first-order valence-corrected chi connectivity index (χ1v) is 6.59. The molecule has 110 valence electrons. The molecule has 2 rings (SSSR count). The lowest BCUT2D eigenvalue weighted by molar-refractivity contribution is -0.137. The Morgan fingerprint density at radius 1 is 1.00 bits per heavy atom. The van der Waals surface area contributed by atoms with Gasteiger partial charge in [0.15, 0.2) is 0 Å². The molecule has 21 heavy (non-hydrogen) atoms. The molecular formula is C17H15F3O. The Bertz CT molecular complexity index is 600. The number of carbonyl (C=O) groups is 1. The maximum absolute atomic E-state index is 12.5. The Morgan fingerprint density at radius 2 is 1.57 bits per heavy atom. The molecule has 0 spiro atoms. The highest BCUT2D eigenvalue weighted by molar-refractivity contribution is 5.83. The fraction of sp³-hybridized carbons (Fsp3) is 0.235. The lowest BCUT2D eigenvalue weighted by Crippen LogP contribution is -2.12. The molecular weight excluding hydrogens is 277 g/mol. The van der Waals surface area contributed by atoms with Gasteiger partial charge in [0.1, 0.15) is 5.78 Å². The van der Waals surface area contributed by atoms with Crippen LogP contribution in [0.4, 0.5) is 13.2 Å². The van der Waals surface area contributed by atoms with E-state index in [9.17, 15) is 18.0 Å². The number of alkyl halides is 3. The van der Waals surface area contributed by atoms with Gasteiger partial charge in [0.25, 0.3) is 0 Å². The molecule has 0 fully saturated rings. The maximum atomic E-state index is 12.5. The van der Waals surface area contributed by atoms with Crippen molar-refractivity contribution in [1.82, 2.24) is 0 Å². The van der Waals surface area contributed by atoms with E-state index in [1.54, 1.807) is 0 Å². The van der Waals surface area contributed by atoms with Crippen molar-refractivity contribution in [2.45, 2.75) is 25.4 Å². The van der Waals surface area contributed by atoms with Crippen LogP contribution in [-0.4, -0.2) is 5.78 Å². The number of hydrogen-bond donors (Lipinski definition) is 0. The monoisotopic (exact) mass is 292 g/mol. The maximum Gasteiger partial charge on any atom is 0.416 e. The number of Topliss-reactive ketones (excluding diaryl/α,β-unsaturated/α-hetero) is 1. The molecule has 0 aliphatic heterocycles. The van der Waals surface area contributed by atoms with E-state index in [2.05, 4.69) is 0 Å². The van der Waals surface area contributed by atoms with Crippen LogP contribution in [0.3, 0.4) is 0 Å². The Kier molecular flexibility index (Phi) is 4.46. The minimum Gasteiger partial charge on any atom is -0.299 e. The Balaban J connectivity index is 2.20. The normalized spacial score (nSPS) is 13.0. The van der Waals surface area contributed by atoms with Crippen LogP contribution in [0.15, 0.2) is 54.6 Å². The van der Waals surface area contributed by atoms with Gasteiger partial charge < -0.3 is 0 Å². The van der Waals surface area contributed by atoms with Crippen LogP contribution in [-0.2, 0) is 17.4 Å². The molecule has 0 amide bonds. The molecule has 0 bridgehead atoms. The van der Waals surface area contributed by atoms with Crippen molar-refractivity contribution < 1.29 is 18.0 Å². The van der Waals surface area contributed by atoms with Gasteiger partial charge in [-0.2, -0.15) is 13.2 Å². The van der Waals surface area contributed by atoms with E-state index in [4.69, 9.17) is 0 Å². The summed E-state index contributed by atoms with van der Waals surface area (Å²) in [6.45, 7) is 1.50. The van der Waals surface area contributed by atoms with Gasteiger partial charge in [0, 0.05) is 5.92 Å². The third-order valence-electron chi connectivity index (χ3n) is 3.41. The zero-order chi connectivity index (χ0) is 15.5. The zero-order valence-electron chi connectivity index (χ0n) is 11.5.